The van der Waals surface area contributed by atoms with Crippen LogP contribution in [0.15, 0.2) is 40.9 Å². The summed E-state index contributed by atoms with van der Waals surface area (Å²) >= 11 is 3.30. The molecule has 0 heterocycles. The molecule has 0 amide bonds. The molecule has 0 aliphatic rings. The Labute approximate surface area is 119 Å². The van der Waals surface area contributed by atoms with Crippen LogP contribution in [0.4, 0.5) is 20.2 Å². The van der Waals surface area contributed by atoms with Crippen LogP contribution in [0.3, 0.4) is 0 Å². The van der Waals surface area contributed by atoms with Gasteiger partial charge in [0, 0.05) is 23.6 Å². The SMILES string of the molecule is CN(Cc1cc(Br)ccc1F)c1cc(F)ccc1N. The van der Waals surface area contributed by atoms with Gasteiger partial charge in [-0.25, -0.2) is 8.78 Å². The Morgan fingerprint density at radius 3 is 2.63 bits per heavy atom. The first kappa shape index (κ1) is 13.8. The normalized spacial score (nSPS) is 10.5. The molecule has 0 saturated heterocycles. The summed E-state index contributed by atoms with van der Waals surface area (Å²) in [6.07, 6.45) is 0. The van der Waals surface area contributed by atoms with E-state index in [1.165, 1.54) is 24.3 Å². The lowest BCUT2D eigenvalue weighted by atomic mass is 10.2. The van der Waals surface area contributed by atoms with Gasteiger partial charge in [0.2, 0.25) is 0 Å². The van der Waals surface area contributed by atoms with E-state index < -0.39 is 0 Å². The van der Waals surface area contributed by atoms with Gasteiger partial charge in [-0.1, -0.05) is 15.9 Å². The maximum Gasteiger partial charge on any atom is 0.128 e. The Balaban J connectivity index is 2.27. The molecule has 0 aliphatic carbocycles. The minimum atomic E-state index is -0.370. The number of hydrogen-bond donors (Lipinski definition) is 1. The third kappa shape index (κ3) is 3.23. The molecule has 0 atom stereocenters. The maximum atomic E-state index is 13.7. The van der Waals surface area contributed by atoms with Crippen molar-refractivity contribution in [2.45, 2.75) is 6.54 Å². The second-order valence-corrected chi connectivity index (χ2v) is 5.21. The Hall–Kier alpha value is -1.62. The largest absolute Gasteiger partial charge is 0.397 e. The maximum absolute atomic E-state index is 13.7. The van der Waals surface area contributed by atoms with Gasteiger partial charge in [0.05, 0.1) is 11.4 Å². The fourth-order valence-electron chi connectivity index (χ4n) is 1.85. The van der Waals surface area contributed by atoms with E-state index in [2.05, 4.69) is 15.9 Å². The number of nitrogens with zero attached hydrogens (tertiary/aromatic N) is 1. The second-order valence-electron chi connectivity index (χ2n) is 4.29. The highest BCUT2D eigenvalue weighted by molar-refractivity contribution is 9.10. The van der Waals surface area contributed by atoms with Gasteiger partial charge in [-0.2, -0.15) is 0 Å². The minimum absolute atomic E-state index is 0.301. The molecule has 0 fully saturated rings. The van der Waals surface area contributed by atoms with E-state index in [0.29, 0.717) is 23.5 Å². The summed E-state index contributed by atoms with van der Waals surface area (Å²) in [7, 11) is 1.74. The average Bonchev–Trinajstić information content (AvgIpc) is 2.36. The lowest BCUT2D eigenvalue weighted by molar-refractivity contribution is 0.606. The smallest absolute Gasteiger partial charge is 0.128 e. The van der Waals surface area contributed by atoms with Gasteiger partial charge < -0.3 is 10.6 Å². The van der Waals surface area contributed by atoms with E-state index in [4.69, 9.17) is 5.73 Å². The van der Waals surface area contributed by atoms with Crippen LogP contribution in [0.25, 0.3) is 0 Å². The molecule has 0 bridgehead atoms. The van der Waals surface area contributed by atoms with Crippen molar-refractivity contribution >= 4 is 27.3 Å². The van der Waals surface area contributed by atoms with Gasteiger partial charge in [0.1, 0.15) is 11.6 Å². The molecular weight excluding hydrogens is 314 g/mol. The molecule has 0 aliphatic heterocycles. The van der Waals surface area contributed by atoms with E-state index in [-0.39, 0.29) is 11.6 Å². The van der Waals surface area contributed by atoms with Crippen molar-refractivity contribution in [3.05, 3.63) is 58.1 Å². The van der Waals surface area contributed by atoms with Crippen LogP contribution in [-0.4, -0.2) is 7.05 Å². The highest BCUT2D eigenvalue weighted by Gasteiger charge is 2.10. The summed E-state index contributed by atoms with van der Waals surface area (Å²) in [4.78, 5) is 1.71. The number of anilines is 2. The summed E-state index contributed by atoms with van der Waals surface area (Å²) in [5.41, 5.74) is 7.31. The van der Waals surface area contributed by atoms with Gasteiger partial charge in [0.25, 0.3) is 0 Å². The van der Waals surface area contributed by atoms with E-state index in [1.807, 2.05) is 0 Å². The average molecular weight is 327 g/mol. The van der Waals surface area contributed by atoms with Crippen molar-refractivity contribution in [1.29, 1.82) is 0 Å². The van der Waals surface area contributed by atoms with E-state index in [1.54, 1.807) is 24.1 Å². The highest BCUT2D eigenvalue weighted by atomic mass is 79.9. The van der Waals surface area contributed by atoms with Gasteiger partial charge >= 0.3 is 0 Å². The summed E-state index contributed by atoms with van der Waals surface area (Å²) in [5, 5.41) is 0. The third-order valence-corrected chi connectivity index (χ3v) is 3.31. The molecular formula is C14H13BrF2N2. The van der Waals surface area contributed by atoms with Crippen LogP contribution in [-0.2, 0) is 6.54 Å². The van der Waals surface area contributed by atoms with Gasteiger partial charge in [-0.3, -0.25) is 0 Å². The zero-order valence-corrected chi connectivity index (χ0v) is 11.9. The van der Waals surface area contributed by atoms with E-state index in [9.17, 15) is 8.78 Å². The molecule has 0 spiro atoms. The Morgan fingerprint density at radius 1 is 1.16 bits per heavy atom. The number of nitrogen functional groups attached to an aromatic ring is 1. The molecule has 2 nitrogen and oxygen atoms in total. The van der Waals surface area contributed by atoms with Crippen LogP contribution in [0.2, 0.25) is 0 Å². The van der Waals surface area contributed by atoms with Crippen LogP contribution in [0.1, 0.15) is 5.56 Å². The number of hydrogen-bond acceptors (Lipinski definition) is 2. The van der Waals surface area contributed by atoms with Gasteiger partial charge in [-0.15, -0.1) is 0 Å². The number of rotatable bonds is 3. The van der Waals surface area contributed by atoms with Crippen LogP contribution < -0.4 is 10.6 Å². The summed E-state index contributed by atoms with van der Waals surface area (Å²) in [5.74, 6) is -0.671. The molecule has 2 aromatic rings. The number of benzene rings is 2. The van der Waals surface area contributed by atoms with Crippen molar-refractivity contribution in [3.8, 4) is 0 Å². The highest BCUT2D eigenvalue weighted by Crippen LogP contribution is 2.25. The predicted molar refractivity (Wildman–Crippen MR) is 77.0 cm³/mol. The lowest BCUT2D eigenvalue weighted by Crippen LogP contribution is -2.18. The molecule has 0 aromatic heterocycles. The molecule has 19 heavy (non-hydrogen) atoms. The minimum Gasteiger partial charge on any atom is -0.397 e. The van der Waals surface area contributed by atoms with Gasteiger partial charge in [-0.05, 0) is 36.4 Å². The molecule has 2 rings (SSSR count). The number of nitrogens with two attached hydrogens (primary N) is 1. The Morgan fingerprint density at radius 2 is 1.89 bits per heavy atom. The zero-order valence-electron chi connectivity index (χ0n) is 10.3. The molecule has 0 radical (unpaired) electrons. The molecule has 0 unspecified atom stereocenters. The van der Waals surface area contributed by atoms with Crippen molar-refractivity contribution in [2.75, 3.05) is 17.7 Å². The van der Waals surface area contributed by atoms with E-state index >= 15 is 0 Å². The second kappa shape index (κ2) is 5.57. The topological polar surface area (TPSA) is 29.3 Å². The molecule has 5 heteroatoms. The molecule has 2 N–H and O–H groups in total. The van der Waals surface area contributed by atoms with E-state index in [0.717, 1.165) is 4.47 Å². The van der Waals surface area contributed by atoms with Gasteiger partial charge in [0.15, 0.2) is 0 Å². The fraction of sp³-hybridized carbons (Fsp3) is 0.143. The van der Waals surface area contributed by atoms with Crippen molar-refractivity contribution < 1.29 is 8.78 Å². The first-order chi connectivity index (χ1) is 8.97. The van der Waals surface area contributed by atoms with Crippen molar-refractivity contribution in [3.63, 3.8) is 0 Å². The van der Waals surface area contributed by atoms with Crippen molar-refractivity contribution in [2.24, 2.45) is 0 Å². The number of halogens is 3. The summed E-state index contributed by atoms with van der Waals surface area (Å²) in [6, 6.07) is 8.86. The molecule has 2 aromatic carbocycles. The third-order valence-electron chi connectivity index (χ3n) is 2.82. The molecule has 0 saturated carbocycles. The first-order valence-corrected chi connectivity index (χ1v) is 6.47. The van der Waals surface area contributed by atoms with Crippen LogP contribution in [0, 0.1) is 11.6 Å². The van der Waals surface area contributed by atoms with Crippen molar-refractivity contribution in [1.82, 2.24) is 0 Å². The Bertz CT molecular complexity index is 602. The zero-order chi connectivity index (χ0) is 14.0. The molecule has 100 valence electrons. The quantitative estimate of drug-likeness (QED) is 0.865. The van der Waals surface area contributed by atoms with Crippen LogP contribution >= 0.6 is 15.9 Å². The fourth-order valence-corrected chi connectivity index (χ4v) is 2.26. The standard InChI is InChI=1S/C14H13BrF2N2/c1-19(14-7-11(16)3-5-13(14)18)8-9-6-10(15)2-4-12(9)17/h2-7H,8,18H2,1H3. The Kier molecular flexibility index (Phi) is 4.04. The van der Waals surface area contributed by atoms with Crippen LogP contribution in [0.5, 0.6) is 0 Å². The summed E-state index contributed by atoms with van der Waals surface area (Å²) < 4.78 is 27.7. The first-order valence-electron chi connectivity index (χ1n) is 5.67. The monoisotopic (exact) mass is 326 g/mol. The predicted octanol–water partition coefficient (Wildman–Crippen LogP) is 3.95. The lowest BCUT2D eigenvalue weighted by Gasteiger charge is -2.21. The summed E-state index contributed by atoms with van der Waals surface area (Å²) in [6.45, 7) is 0.304.